The van der Waals surface area contributed by atoms with Crippen LogP contribution in [0.15, 0.2) is 0 Å². The molecule has 0 aromatic rings. The van der Waals surface area contributed by atoms with Gasteiger partial charge in [0.25, 0.3) is 0 Å². The average molecular weight is 196 g/mol. The normalized spacial score (nSPS) is 38.4. The van der Waals surface area contributed by atoms with Crippen LogP contribution in [-0.2, 0) is 15.5 Å². The molecule has 1 fully saturated rings. The third-order valence-corrected chi connectivity index (χ3v) is 2.53. The van der Waals surface area contributed by atoms with Crippen LogP contribution in [0.4, 0.5) is 4.39 Å². The summed E-state index contributed by atoms with van der Waals surface area (Å²) >= 11 is -2.21. The number of hydrogen-bond donors (Lipinski definition) is 1. The zero-order valence-electron chi connectivity index (χ0n) is 6.96. The Labute approximate surface area is 73.8 Å². The second-order valence-electron chi connectivity index (χ2n) is 3.52. The van der Waals surface area contributed by atoms with Crippen LogP contribution in [0.25, 0.3) is 0 Å². The van der Waals surface area contributed by atoms with Gasteiger partial charge in [-0.2, -0.15) is 4.21 Å². The van der Waals surface area contributed by atoms with E-state index in [0.717, 1.165) is 6.42 Å². The van der Waals surface area contributed by atoms with Crippen LogP contribution in [0.2, 0.25) is 0 Å². The maximum absolute atomic E-state index is 13.2. The molecule has 12 heavy (non-hydrogen) atoms. The minimum absolute atomic E-state index is 0.0936. The monoisotopic (exact) mass is 196 g/mol. The zero-order valence-corrected chi connectivity index (χ0v) is 7.77. The molecule has 3 atom stereocenters. The first-order chi connectivity index (χ1) is 5.49. The molecule has 1 aliphatic rings. The van der Waals surface area contributed by atoms with E-state index in [1.807, 2.05) is 0 Å². The molecule has 0 amide bonds. The highest BCUT2D eigenvalue weighted by Gasteiger charge is 2.35. The quantitative estimate of drug-likeness (QED) is 0.698. The summed E-state index contributed by atoms with van der Waals surface area (Å²) in [7, 11) is 0. The average Bonchev–Trinajstić information content (AvgIpc) is 2.26. The Morgan fingerprint density at radius 3 is 2.92 bits per heavy atom. The van der Waals surface area contributed by atoms with Crippen molar-refractivity contribution in [1.29, 1.82) is 0 Å². The van der Waals surface area contributed by atoms with Crippen LogP contribution in [0.1, 0.15) is 26.2 Å². The highest BCUT2D eigenvalue weighted by molar-refractivity contribution is 7.74. The first-order valence-corrected chi connectivity index (χ1v) is 4.96. The number of halogens is 1. The summed E-state index contributed by atoms with van der Waals surface area (Å²) in [6.07, 6.45) is 1.70. The molecule has 3 nitrogen and oxygen atoms in total. The highest BCUT2D eigenvalue weighted by Crippen LogP contribution is 2.37. The second-order valence-corrected chi connectivity index (χ2v) is 4.19. The summed E-state index contributed by atoms with van der Waals surface area (Å²) in [6, 6.07) is 0. The van der Waals surface area contributed by atoms with Crippen molar-refractivity contribution in [2.75, 3.05) is 6.61 Å². The van der Waals surface area contributed by atoms with Crippen LogP contribution < -0.4 is 0 Å². The Balaban J connectivity index is 2.24. The molecule has 0 saturated heterocycles. The fourth-order valence-electron chi connectivity index (χ4n) is 1.61. The van der Waals surface area contributed by atoms with Gasteiger partial charge in [0.05, 0.1) is 6.61 Å². The van der Waals surface area contributed by atoms with Crippen molar-refractivity contribution in [3.05, 3.63) is 0 Å². The Morgan fingerprint density at radius 1 is 1.83 bits per heavy atom. The van der Waals surface area contributed by atoms with Gasteiger partial charge in [-0.05, 0) is 32.1 Å². The molecular weight excluding hydrogens is 183 g/mol. The Hall–Kier alpha value is -0.0000000000000000486. The predicted octanol–water partition coefficient (Wildman–Crippen LogP) is 1.67. The van der Waals surface area contributed by atoms with Crippen LogP contribution in [0.3, 0.4) is 0 Å². The molecule has 0 aliphatic heterocycles. The standard InChI is InChI=1S/C7H13FO3S/c1-7(8)3-2-6(4-7)5-11-12(9)10/h6H,2-5H2,1H3,(H,9,10). The van der Waals surface area contributed by atoms with Crippen LogP contribution >= 0.6 is 0 Å². The van der Waals surface area contributed by atoms with Gasteiger partial charge >= 0.3 is 11.4 Å². The summed E-state index contributed by atoms with van der Waals surface area (Å²) in [5, 5.41) is 0. The van der Waals surface area contributed by atoms with Crippen LogP contribution in [-0.4, -0.2) is 21.0 Å². The van der Waals surface area contributed by atoms with E-state index in [1.54, 1.807) is 6.92 Å². The topological polar surface area (TPSA) is 46.5 Å². The van der Waals surface area contributed by atoms with Gasteiger partial charge in [0.1, 0.15) is 5.67 Å². The van der Waals surface area contributed by atoms with Crippen molar-refractivity contribution < 1.29 is 17.3 Å². The number of rotatable bonds is 3. The molecule has 0 bridgehead atoms. The van der Waals surface area contributed by atoms with Crippen molar-refractivity contribution in [3.63, 3.8) is 0 Å². The minimum Gasteiger partial charge on any atom is -0.284 e. The van der Waals surface area contributed by atoms with E-state index in [4.69, 9.17) is 4.55 Å². The SMILES string of the molecule is CC1(F)CCC(COS(=O)O)C1. The summed E-state index contributed by atoms with van der Waals surface area (Å²) < 4.78 is 36.1. The molecule has 0 radical (unpaired) electrons. The van der Waals surface area contributed by atoms with Gasteiger partial charge in [0, 0.05) is 0 Å². The van der Waals surface area contributed by atoms with Gasteiger partial charge in [0.15, 0.2) is 0 Å². The van der Waals surface area contributed by atoms with Gasteiger partial charge in [0.2, 0.25) is 0 Å². The molecule has 1 rings (SSSR count). The third kappa shape index (κ3) is 3.16. The molecule has 1 saturated carbocycles. The Bertz CT molecular complexity index is 183. The van der Waals surface area contributed by atoms with E-state index in [0.29, 0.717) is 12.8 Å². The van der Waals surface area contributed by atoms with Crippen molar-refractivity contribution in [2.24, 2.45) is 5.92 Å². The Morgan fingerprint density at radius 2 is 2.50 bits per heavy atom. The lowest BCUT2D eigenvalue weighted by Crippen LogP contribution is -2.14. The van der Waals surface area contributed by atoms with Crippen molar-refractivity contribution in [3.8, 4) is 0 Å². The van der Waals surface area contributed by atoms with Gasteiger partial charge in [-0.1, -0.05) is 0 Å². The first-order valence-electron chi connectivity index (χ1n) is 3.93. The minimum atomic E-state index is -2.21. The fourth-order valence-corrected chi connectivity index (χ4v) is 1.92. The smallest absolute Gasteiger partial charge is 0.284 e. The second kappa shape index (κ2) is 3.81. The van der Waals surface area contributed by atoms with E-state index in [1.165, 1.54) is 0 Å². The summed E-state index contributed by atoms with van der Waals surface area (Å²) in [6.45, 7) is 1.74. The van der Waals surface area contributed by atoms with Crippen LogP contribution in [0, 0.1) is 5.92 Å². The molecule has 0 aromatic carbocycles. The van der Waals surface area contributed by atoms with Crippen molar-refractivity contribution in [1.82, 2.24) is 0 Å². The lowest BCUT2D eigenvalue weighted by molar-refractivity contribution is 0.177. The van der Waals surface area contributed by atoms with E-state index >= 15 is 0 Å². The summed E-state index contributed by atoms with van der Waals surface area (Å²) in [5.74, 6) is 0.0936. The number of hydrogen-bond acceptors (Lipinski definition) is 2. The van der Waals surface area contributed by atoms with Gasteiger partial charge in [-0.25, -0.2) is 4.39 Å². The van der Waals surface area contributed by atoms with E-state index < -0.39 is 17.0 Å². The zero-order chi connectivity index (χ0) is 9.19. The predicted molar refractivity (Wildman–Crippen MR) is 43.6 cm³/mol. The molecule has 5 heteroatoms. The molecule has 0 heterocycles. The van der Waals surface area contributed by atoms with Crippen molar-refractivity contribution >= 4 is 11.4 Å². The number of alkyl halides is 1. The lowest BCUT2D eigenvalue weighted by Gasteiger charge is -2.11. The van der Waals surface area contributed by atoms with E-state index in [9.17, 15) is 8.60 Å². The lowest BCUT2D eigenvalue weighted by atomic mass is 10.1. The molecule has 0 aromatic heterocycles. The van der Waals surface area contributed by atoms with E-state index in [-0.39, 0.29) is 12.5 Å². The fraction of sp³-hybridized carbons (Fsp3) is 1.00. The largest absolute Gasteiger partial charge is 0.301 e. The molecule has 72 valence electrons. The Kier molecular flexibility index (Phi) is 3.20. The maximum Gasteiger partial charge on any atom is 0.301 e. The van der Waals surface area contributed by atoms with Gasteiger partial charge in [-0.3, -0.25) is 8.74 Å². The molecule has 1 N–H and O–H groups in total. The first kappa shape index (κ1) is 10.1. The van der Waals surface area contributed by atoms with Crippen LogP contribution in [0.5, 0.6) is 0 Å². The highest BCUT2D eigenvalue weighted by atomic mass is 32.2. The molecule has 0 spiro atoms. The summed E-state index contributed by atoms with van der Waals surface area (Å²) in [5.41, 5.74) is -1.11. The molecule has 3 unspecified atom stereocenters. The third-order valence-electron chi connectivity index (χ3n) is 2.19. The van der Waals surface area contributed by atoms with E-state index in [2.05, 4.69) is 4.18 Å². The van der Waals surface area contributed by atoms with Gasteiger partial charge in [-0.15, -0.1) is 0 Å². The molecule has 1 aliphatic carbocycles. The maximum atomic E-state index is 13.2. The van der Waals surface area contributed by atoms with Gasteiger partial charge < -0.3 is 0 Å². The summed E-state index contributed by atoms with van der Waals surface area (Å²) in [4.78, 5) is 0. The van der Waals surface area contributed by atoms with Crippen molar-refractivity contribution in [2.45, 2.75) is 31.9 Å². The molecular formula is C7H13FO3S.